The summed E-state index contributed by atoms with van der Waals surface area (Å²) >= 11 is 0. The Kier molecular flexibility index (Phi) is 5.72. The van der Waals surface area contributed by atoms with Gasteiger partial charge in [0.1, 0.15) is 5.75 Å². The van der Waals surface area contributed by atoms with E-state index < -0.39 is 26.7 Å². The Morgan fingerprint density at radius 1 is 1.12 bits per heavy atom. The standard InChI is InChI=1S/C17H14F3NO3S/c1-24-15-9-7-13(8-10-15)4-3-11-21-25(22,23)16-6-2-5-14(12-16)17(18,19)20/h2,5-10,12,21H,11H2,1H3. The van der Waals surface area contributed by atoms with E-state index in [1.807, 2.05) is 0 Å². The lowest BCUT2D eigenvalue weighted by molar-refractivity contribution is -0.137. The van der Waals surface area contributed by atoms with Crippen molar-refractivity contribution in [2.75, 3.05) is 13.7 Å². The molecule has 0 fully saturated rings. The summed E-state index contributed by atoms with van der Waals surface area (Å²) in [6.45, 7) is -0.232. The van der Waals surface area contributed by atoms with Crippen LogP contribution in [0.3, 0.4) is 0 Å². The minimum atomic E-state index is -4.61. The summed E-state index contributed by atoms with van der Waals surface area (Å²) in [5, 5.41) is 0. The van der Waals surface area contributed by atoms with Crippen LogP contribution >= 0.6 is 0 Å². The second kappa shape index (κ2) is 7.59. The van der Waals surface area contributed by atoms with Gasteiger partial charge in [0.15, 0.2) is 0 Å². The summed E-state index contributed by atoms with van der Waals surface area (Å²) in [5.74, 6) is 6.01. The van der Waals surface area contributed by atoms with E-state index in [1.54, 1.807) is 24.3 Å². The highest BCUT2D eigenvalue weighted by Crippen LogP contribution is 2.30. The molecule has 0 saturated heterocycles. The first-order chi connectivity index (χ1) is 11.7. The van der Waals surface area contributed by atoms with Gasteiger partial charge in [-0.3, -0.25) is 0 Å². The largest absolute Gasteiger partial charge is 0.497 e. The molecule has 0 unspecified atom stereocenters. The van der Waals surface area contributed by atoms with Crippen LogP contribution in [0, 0.1) is 11.8 Å². The Bertz CT molecular complexity index is 895. The molecule has 2 aromatic rings. The molecule has 0 spiro atoms. The third kappa shape index (κ3) is 5.24. The van der Waals surface area contributed by atoms with Crippen LogP contribution in [-0.4, -0.2) is 22.1 Å². The number of alkyl halides is 3. The summed E-state index contributed by atoms with van der Waals surface area (Å²) in [7, 11) is -2.55. The minimum absolute atomic E-state index is 0.232. The van der Waals surface area contributed by atoms with Crippen molar-refractivity contribution >= 4 is 10.0 Å². The maximum atomic E-state index is 12.7. The third-order valence-electron chi connectivity index (χ3n) is 3.14. The topological polar surface area (TPSA) is 55.4 Å². The maximum Gasteiger partial charge on any atom is 0.416 e. The highest BCUT2D eigenvalue weighted by Gasteiger charge is 2.31. The Hall–Kier alpha value is -2.50. The molecule has 0 aliphatic heterocycles. The van der Waals surface area contributed by atoms with Gasteiger partial charge in [-0.15, -0.1) is 0 Å². The molecule has 0 aromatic heterocycles. The lowest BCUT2D eigenvalue weighted by atomic mass is 10.2. The van der Waals surface area contributed by atoms with Crippen LogP contribution in [-0.2, 0) is 16.2 Å². The van der Waals surface area contributed by atoms with Crippen molar-refractivity contribution in [3.63, 3.8) is 0 Å². The van der Waals surface area contributed by atoms with Crippen molar-refractivity contribution in [1.82, 2.24) is 4.72 Å². The number of rotatable bonds is 4. The number of hydrogen-bond acceptors (Lipinski definition) is 3. The van der Waals surface area contributed by atoms with Crippen molar-refractivity contribution in [3.05, 3.63) is 59.7 Å². The molecule has 8 heteroatoms. The van der Waals surface area contributed by atoms with E-state index in [9.17, 15) is 21.6 Å². The molecule has 0 bridgehead atoms. The van der Waals surface area contributed by atoms with E-state index in [1.165, 1.54) is 7.11 Å². The predicted molar refractivity (Wildman–Crippen MR) is 86.5 cm³/mol. The molecule has 0 heterocycles. The van der Waals surface area contributed by atoms with E-state index >= 15 is 0 Å². The van der Waals surface area contributed by atoms with Crippen LogP contribution < -0.4 is 9.46 Å². The van der Waals surface area contributed by atoms with Crippen LogP contribution in [0.15, 0.2) is 53.4 Å². The van der Waals surface area contributed by atoms with Gasteiger partial charge in [0.25, 0.3) is 0 Å². The SMILES string of the molecule is COc1ccc(C#CCNS(=O)(=O)c2cccc(C(F)(F)F)c2)cc1. The van der Waals surface area contributed by atoms with Crippen LogP contribution in [0.5, 0.6) is 5.75 Å². The van der Waals surface area contributed by atoms with Gasteiger partial charge in [-0.1, -0.05) is 17.9 Å². The molecule has 0 aliphatic rings. The zero-order chi connectivity index (χ0) is 18.5. The summed E-state index contributed by atoms with van der Waals surface area (Å²) in [4.78, 5) is -0.464. The van der Waals surface area contributed by atoms with E-state index in [4.69, 9.17) is 4.74 Å². The Morgan fingerprint density at radius 3 is 2.40 bits per heavy atom. The molecular formula is C17H14F3NO3S. The molecule has 0 radical (unpaired) electrons. The van der Waals surface area contributed by atoms with Crippen LogP contribution in [0.2, 0.25) is 0 Å². The van der Waals surface area contributed by atoms with Gasteiger partial charge >= 0.3 is 6.18 Å². The molecule has 2 rings (SSSR count). The molecule has 0 amide bonds. The van der Waals surface area contributed by atoms with Crippen molar-refractivity contribution < 1.29 is 26.3 Å². The Morgan fingerprint density at radius 2 is 1.80 bits per heavy atom. The van der Waals surface area contributed by atoms with E-state index in [-0.39, 0.29) is 6.54 Å². The molecule has 25 heavy (non-hydrogen) atoms. The average molecular weight is 369 g/mol. The molecule has 1 N–H and O–H groups in total. The maximum absolute atomic E-state index is 12.7. The van der Waals surface area contributed by atoms with Gasteiger partial charge in [0.05, 0.1) is 24.1 Å². The minimum Gasteiger partial charge on any atom is -0.497 e. The summed E-state index contributed by atoms with van der Waals surface area (Å²) in [6.07, 6.45) is -4.61. The molecule has 4 nitrogen and oxygen atoms in total. The number of benzene rings is 2. The first-order valence-electron chi connectivity index (χ1n) is 7.02. The molecule has 0 atom stereocenters. The third-order valence-corrected chi connectivity index (χ3v) is 4.54. The fraction of sp³-hybridized carbons (Fsp3) is 0.176. The lowest BCUT2D eigenvalue weighted by Gasteiger charge is -2.09. The Balaban J connectivity index is 2.06. The zero-order valence-corrected chi connectivity index (χ0v) is 13.9. The second-order valence-electron chi connectivity index (χ2n) is 4.88. The summed E-state index contributed by atoms with van der Waals surface area (Å²) in [6, 6.07) is 10.3. The fourth-order valence-corrected chi connectivity index (χ4v) is 2.84. The van der Waals surface area contributed by atoms with Crippen molar-refractivity contribution in [3.8, 4) is 17.6 Å². The monoisotopic (exact) mass is 369 g/mol. The van der Waals surface area contributed by atoms with Crippen LogP contribution in [0.1, 0.15) is 11.1 Å². The van der Waals surface area contributed by atoms with Gasteiger partial charge in [-0.25, -0.2) is 8.42 Å². The van der Waals surface area contributed by atoms with Gasteiger partial charge in [-0.2, -0.15) is 17.9 Å². The number of halogens is 3. The van der Waals surface area contributed by atoms with Gasteiger partial charge < -0.3 is 4.74 Å². The van der Waals surface area contributed by atoms with Gasteiger partial charge in [-0.05, 0) is 42.5 Å². The number of hydrogen-bond donors (Lipinski definition) is 1. The molecule has 132 valence electrons. The summed E-state index contributed by atoms with van der Waals surface area (Å²) < 4.78 is 69.2. The van der Waals surface area contributed by atoms with E-state index in [0.717, 1.165) is 18.2 Å². The number of sulfonamides is 1. The highest BCUT2D eigenvalue weighted by molar-refractivity contribution is 7.89. The van der Waals surface area contributed by atoms with Gasteiger partial charge in [0.2, 0.25) is 10.0 Å². The van der Waals surface area contributed by atoms with Crippen LogP contribution in [0.25, 0.3) is 0 Å². The molecule has 2 aromatic carbocycles. The summed E-state index contributed by atoms with van der Waals surface area (Å²) in [5.41, 5.74) is -0.376. The van der Waals surface area contributed by atoms with E-state index in [2.05, 4.69) is 16.6 Å². The molecule has 0 saturated carbocycles. The number of ether oxygens (including phenoxy) is 1. The number of nitrogens with one attached hydrogen (secondary N) is 1. The zero-order valence-electron chi connectivity index (χ0n) is 13.1. The molecular weight excluding hydrogens is 355 g/mol. The number of methoxy groups -OCH3 is 1. The first kappa shape index (κ1) is 18.8. The van der Waals surface area contributed by atoms with Crippen molar-refractivity contribution in [2.24, 2.45) is 0 Å². The molecule has 0 aliphatic carbocycles. The van der Waals surface area contributed by atoms with Crippen LogP contribution in [0.4, 0.5) is 13.2 Å². The Labute approximate surface area is 143 Å². The van der Waals surface area contributed by atoms with Gasteiger partial charge in [0, 0.05) is 5.56 Å². The average Bonchev–Trinajstić information content (AvgIpc) is 2.59. The smallest absolute Gasteiger partial charge is 0.416 e. The normalized spacial score (nSPS) is 11.5. The first-order valence-corrected chi connectivity index (χ1v) is 8.50. The van der Waals surface area contributed by atoms with E-state index in [0.29, 0.717) is 17.4 Å². The lowest BCUT2D eigenvalue weighted by Crippen LogP contribution is -2.24. The van der Waals surface area contributed by atoms with Crippen molar-refractivity contribution in [2.45, 2.75) is 11.1 Å². The quantitative estimate of drug-likeness (QED) is 0.843. The second-order valence-corrected chi connectivity index (χ2v) is 6.65. The predicted octanol–water partition coefficient (Wildman–Crippen LogP) is 3.04. The fourth-order valence-electron chi connectivity index (χ4n) is 1.87. The van der Waals surface area contributed by atoms with Crippen molar-refractivity contribution in [1.29, 1.82) is 0 Å². The highest BCUT2D eigenvalue weighted by atomic mass is 32.2.